The molecule has 0 radical (unpaired) electrons. The van der Waals surface area contributed by atoms with Crippen molar-refractivity contribution in [1.29, 1.82) is 0 Å². The number of ether oxygens (including phenoxy) is 2. The minimum Gasteiger partial charge on any atom is -0.550 e. The fraction of sp³-hybridized carbons (Fsp3) is 0.667. The van der Waals surface area contributed by atoms with Crippen molar-refractivity contribution < 1.29 is 120 Å². The number of fused-ring (bicyclic) bond motifs is 1. The Morgan fingerprint density at radius 1 is 0.933 bits per heavy atom. The van der Waals surface area contributed by atoms with E-state index in [1.807, 2.05) is 0 Å². The molecule has 0 aromatic heterocycles. The van der Waals surface area contributed by atoms with Gasteiger partial charge in [-0.25, -0.2) is 4.79 Å². The predicted molar refractivity (Wildman–Crippen MR) is 201 cm³/mol. The van der Waals surface area contributed by atoms with Gasteiger partial charge in [-0.2, -0.15) is 0 Å². The largest absolute Gasteiger partial charge is 1.00 e. The first-order valence-corrected chi connectivity index (χ1v) is 19.5. The van der Waals surface area contributed by atoms with Gasteiger partial charge in [-0.05, 0) is 61.8 Å². The number of aliphatic hydroxyl groups is 11. The fourth-order valence-corrected chi connectivity index (χ4v) is 9.98. The summed E-state index contributed by atoms with van der Waals surface area (Å²) in [7, 11) is 0. The molecule has 4 bridgehead atoms. The van der Waals surface area contributed by atoms with Crippen molar-refractivity contribution in [3.05, 3.63) is 53.6 Å². The second kappa shape index (κ2) is 20.9. The molecule has 7 rings (SSSR count). The molecule has 1 heterocycles. The van der Waals surface area contributed by atoms with Crippen LogP contribution in [-0.2, 0) is 19.1 Å². The number of aliphatic hydroxyl groups excluding tert-OH is 10. The number of hydrogen-bond acceptors (Lipinski definition) is 18. The third-order valence-electron chi connectivity index (χ3n) is 12.6. The van der Waals surface area contributed by atoms with Gasteiger partial charge in [0, 0.05) is 43.4 Å². The number of esters is 1. The summed E-state index contributed by atoms with van der Waals surface area (Å²) in [5.74, 6) is -4.30. The van der Waals surface area contributed by atoms with Crippen LogP contribution in [0.1, 0.15) is 32.6 Å². The van der Waals surface area contributed by atoms with Crippen LogP contribution in [0.25, 0.3) is 0 Å². The molecule has 0 amide bonds. The van der Waals surface area contributed by atoms with Crippen LogP contribution in [-0.4, -0.2) is 184 Å². The van der Waals surface area contributed by atoms with E-state index in [2.05, 4.69) is 6.58 Å². The zero-order valence-corrected chi connectivity index (χ0v) is 36.1. The number of rotatable bonds is 10. The summed E-state index contributed by atoms with van der Waals surface area (Å²) in [6.07, 6.45) is -5.93. The maximum absolute atomic E-state index is 12.7. The van der Waals surface area contributed by atoms with E-state index in [1.165, 1.54) is 0 Å². The summed E-state index contributed by atoms with van der Waals surface area (Å²) >= 11 is 5.69. The van der Waals surface area contributed by atoms with Crippen molar-refractivity contribution in [3.8, 4) is 5.75 Å². The first-order valence-electron chi connectivity index (χ1n) is 19.1. The van der Waals surface area contributed by atoms with Gasteiger partial charge in [0.05, 0.1) is 36.5 Å². The van der Waals surface area contributed by atoms with Crippen LogP contribution >= 0.6 is 11.6 Å². The van der Waals surface area contributed by atoms with Crippen molar-refractivity contribution in [2.75, 3.05) is 46.1 Å². The van der Waals surface area contributed by atoms with E-state index < -0.39 is 94.5 Å². The van der Waals surface area contributed by atoms with Crippen LogP contribution in [0.4, 0.5) is 0 Å². The van der Waals surface area contributed by atoms with Gasteiger partial charge in [0.25, 0.3) is 0 Å². The molecule has 1 aliphatic heterocycles. The van der Waals surface area contributed by atoms with Crippen LogP contribution in [0.15, 0.2) is 48.6 Å². The summed E-state index contributed by atoms with van der Waals surface area (Å²) in [5, 5.41) is 122. The molecule has 8 atom stereocenters. The topological polar surface area (TPSA) is 339 Å². The Labute approximate surface area is 373 Å². The third kappa shape index (κ3) is 9.76. The average molecular weight is 884 g/mol. The molecule has 19 nitrogen and oxygen atoms in total. The van der Waals surface area contributed by atoms with Crippen LogP contribution in [0, 0.1) is 28.6 Å². The molecule has 1 aromatic carbocycles. The molecule has 60 heavy (non-hydrogen) atoms. The van der Waals surface area contributed by atoms with Crippen molar-refractivity contribution in [1.82, 2.24) is 4.90 Å². The van der Waals surface area contributed by atoms with Crippen molar-refractivity contribution in [2.24, 2.45) is 28.6 Å². The van der Waals surface area contributed by atoms with Gasteiger partial charge in [-0.1, -0.05) is 36.4 Å². The van der Waals surface area contributed by atoms with Crippen LogP contribution in [0.3, 0.4) is 0 Å². The minimum absolute atomic E-state index is 0. The molecule has 1 spiro atoms. The third-order valence-corrected chi connectivity index (χ3v) is 13.0. The van der Waals surface area contributed by atoms with Crippen LogP contribution in [0.2, 0.25) is 5.02 Å². The summed E-state index contributed by atoms with van der Waals surface area (Å²) < 4.78 is 10.7. The monoisotopic (exact) mass is 883 g/mol. The molecular formula is C39H55ClNNaO18. The maximum atomic E-state index is 12.7. The molecule has 12 N–H and O–H groups in total. The molecule has 1 aromatic rings. The number of carbonyl (C=O) groups is 3. The number of halogens is 1. The van der Waals surface area contributed by atoms with Gasteiger partial charge in [0.1, 0.15) is 53.4 Å². The summed E-state index contributed by atoms with van der Waals surface area (Å²) in [6, 6.07) is 6.73. The van der Waals surface area contributed by atoms with Gasteiger partial charge in [0.2, 0.25) is 0 Å². The van der Waals surface area contributed by atoms with E-state index in [4.69, 9.17) is 72.1 Å². The summed E-state index contributed by atoms with van der Waals surface area (Å²) in [5.41, 5.74) is -3.49. The molecule has 332 valence electrons. The molecular weight excluding hydrogens is 829 g/mol. The van der Waals surface area contributed by atoms with Crippen molar-refractivity contribution in [2.45, 2.75) is 86.5 Å². The Hall–Kier alpha value is -2.28. The molecule has 5 aliphatic carbocycles. The smallest absolute Gasteiger partial charge is 0.550 e. The number of aliphatic carboxylic acids is 2. The van der Waals surface area contributed by atoms with Gasteiger partial charge >= 0.3 is 41.5 Å². The van der Waals surface area contributed by atoms with E-state index in [1.54, 1.807) is 48.2 Å². The zero-order valence-electron chi connectivity index (χ0n) is 33.4. The van der Waals surface area contributed by atoms with Gasteiger partial charge < -0.3 is 80.7 Å². The van der Waals surface area contributed by atoms with Crippen LogP contribution < -0.4 is 39.4 Å². The zero-order chi connectivity index (χ0) is 44.2. The van der Waals surface area contributed by atoms with Crippen molar-refractivity contribution >= 4 is 29.5 Å². The number of hydrogen-bond donors (Lipinski definition) is 12. The molecule has 5 fully saturated rings. The average Bonchev–Trinajstić information content (AvgIpc) is 3.62. The fourth-order valence-electron chi connectivity index (χ4n) is 9.79. The Balaban J connectivity index is 0.000000234. The molecule has 4 unspecified atom stereocenters. The number of carboxylic acid groups (broad SMARTS) is 2. The first kappa shape index (κ1) is 52.1. The SMILES string of the molecule is C=C1C[C@]23C[C@@]1(O)CCC2C12C=C[C@H](O)[C@@](C)(C(=O)O1)C2C3C(=O)[O-].O=C(O)COc1ccccc1Cl.OC1C(O)C(O)C(O)C(O)C1O.OCCN(CCO)CCO.[Na+]. The Bertz CT molecular complexity index is 1630. The number of carboxylic acids is 2. The van der Waals surface area contributed by atoms with Gasteiger partial charge in [-0.15, -0.1) is 0 Å². The second-order valence-electron chi connectivity index (χ2n) is 16.0. The Kier molecular flexibility index (Phi) is 18.2. The summed E-state index contributed by atoms with van der Waals surface area (Å²) in [4.78, 5) is 36.9. The second-order valence-corrected chi connectivity index (χ2v) is 16.4. The van der Waals surface area contributed by atoms with E-state index in [0.717, 1.165) is 0 Å². The Morgan fingerprint density at radius 2 is 1.43 bits per heavy atom. The number of para-hydroxylation sites is 1. The maximum Gasteiger partial charge on any atom is 1.00 e. The predicted octanol–water partition coefficient (Wildman–Crippen LogP) is -7.07. The van der Waals surface area contributed by atoms with Crippen LogP contribution in [0.5, 0.6) is 5.75 Å². The van der Waals surface area contributed by atoms with Gasteiger partial charge in [-0.3, -0.25) is 9.69 Å². The van der Waals surface area contributed by atoms with E-state index in [9.17, 15) is 29.7 Å². The molecule has 6 aliphatic rings. The quantitative estimate of drug-likeness (QED) is 0.0590. The molecule has 4 saturated carbocycles. The number of carbonyl (C=O) groups excluding carboxylic acids is 2. The number of benzene rings is 1. The molecule has 21 heteroatoms. The molecule has 1 saturated heterocycles. The van der Waals surface area contributed by atoms with Gasteiger partial charge in [0.15, 0.2) is 6.61 Å². The summed E-state index contributed by atoms with van der Waals surface area (Å²) in [6.45, 7) is 6.98. The minimum atomic E-state index is -1.64. The number of nitrogens with zero attached hydrogens (tertiary/aromatic N) is 1. The Morgan fingerprint density at radius 3 is 1.88 bits per heavy atom. The standard InChI is InChI=1S/C19H22O6.C8H7ClO3.C6H15NO3.C6H12O6.Na/c1-9-7-17-8-18(9,24)5-3-10(17)19-6-4-11(20)16(2,15(23)25-19)13(19)12(17)14(21)22;9-6-3-1-2-4-7(6)12-5-8(10)11;8-4-1-7(2-5-9)3-6-10;7-1-2(8)4(10)6(12)5(11)3(1)9;/h4,6,10-13,20,24H,1,3,5,7-8H2,2H3,(H,21,22);1-4H,5H2,(H,10,11);8-10H,1-6H2;1-12H;/q;;;;+1/p-1/t10?,11-,12?,13?,16+,17-,18-,19?;;;;/m0..../s1. The first-order chi connectivity index (χ1) is 27.6. The normalized spacial score (nSPS) is 39.0. The van der Waals surface area contributed by atoms with E-state index in [-0.39, 0.29) is 61.9 Å². The van der Waals surface area contributed by atoms with Crippen molar-refractivity contribution in [3.63, 3.8) is 0 Å². The van der Waals surface area contributed by atoms with E-state index in [0.29, 0.717) is 61.7 Å². The van der Waals surface area contributed by atoms with E-state index >= 15 is 0 Å².